The van der Waals surface area contributed by atoms with Crippen LogP contribution >= 0.6 is 0 Å². The molecule has 3 rings (SSSR count). The van der Waals surface area contributed by atoms with E-state index in [9.17, 15) is 4.79 Å². The first-order chi connectivity index (χ1) is 9.99. The van der Waals surface area contributed by atoms with E-state index in [1.165, 1.54) is 6.21 Å². The van der Waals surface area contributed by atoms with E-state index in [0.29, 0.717) is 5.76 Å². The second kappa shape index (κ2) is 4.66. The zero-order chi connectivity index (χ0) is 15.0. The summed E-state index contributed by atoms with van der Waals surface area (Å²) in [6.45, 7) is 3.68. The van der Waals surface area contributed by atoms with Gasteiger partial charge in [0.1, 0.15) is 17.6 Å². The van der Waals surface area contributed by atoms with Crippen LogP contribution in [0.4, 0.5) is 10.5 Å². The van der Waals surface area contributed by atoms with Crippen LogP contribution in [0.1, 0.15) is 25.2 Å². The highest BCUT2D eigenvalue weighted by molar-refractivity contribution is 5.89. The molecule has 0 atom stereocenters. The van der Waals surface area contributed by atoms with E-state index in [1.54, 1.807) is 12.3 Å². The minimum Gasteiger partial charge on any atom is -0.463 e. The van der Waals surface area contributed by atoms with Gasteiger partial charge in [-0.1, -0.05) is 11.2 Å². The van der Waals surface area contributed by atoms with Gasteiger partial charge in [0.25, 0.3) is 0 Å². The Hall–Kier alpha value is -2.76. The highest BCUT2D eigenvalue weighted by Gasteiger charge is 2.33. The van der Waals surface area contributed by atoms with Gasteiger partial charge in [0.15, 0.2) is 0 Å². The van der Waals surface area contributed by atoms with E-state index >= 15 is 0 Å². The second-order valence-electron chi connectivity index (χ2n) is 5.27. The molecule has 108 valence electrons. The van der Waals surface area contributed by atoms with E-state index in [-0.39, 0.29) is 0 Å². The van der Waals surface area contributed by atoms with E-state index in [1.807, 2.05) is 32.0 Å². The zero-order valence-corrected chi connectivity index (χ0v) is 11.6. The van der Waals surface area contributed by atoms with Crippen LogP contribution in [0.15, 0.2) is 40.1 Å². The van der Waals surface area contributed by atoms with Crippen LogP contribution in [0, 0.1) is 0 Å². The minimum atomic E-state index is -0.702. The highest BCUT2D eigenvalue weighted by Crippen LogP contribution is 2.38. The number of carbonyl (C=O) groups is 1. The van der Waals surface area contributed by atoms with Crippen LogP contribution < -0.4 is 5.32 Å². The molecule has 21 heavy (non-hydrogen) atoms. The number of ether oxygens (including phenoxy) is 1. The number of nitrogens with one attached hydrogen (secondary N) is 1. The Kier molecular flexibility index (Phi) is 2.94. The molecule has 1 amide bonds. The number of carbonyl (C=O) groups excluding carboxylic acids is 1. The van der Waals surface area contributed by atoms with Crippen LogP contribution in [0.5, 0.6) is 0 Å². The lowest BCUT2D eigenvalue weighted by atomic mass is 9.92. The molecule has 2 aromatic rings. The molecule has 0 spiro atoms. The van der Waals surface area contributed by atoms with Crippen molar-refractivity contribution in [3.8, 4) is 11.1 Å². The van der Waals surface area contributed by atoms with Crippen molar-refractivity contribution in [3.63, 3.8) is 0 Å². The molecule has 6 heteroatoms. The van der Waals surface area contributed by atoms with Gasteiger partial charge in [0, 0.05) is 11.1 Å². The van der Waals surface area contributed by atoms with E-state index in [2.05, 4.69) is 10.5 Å². The van der Waals surface area contributed by atoms with Crippen LogP contribution in [0.3, 0.4) is 0 Å². The Morgan fingerprint density at radius 2 is 2.10 bits per heavy atom. The predicted octanol–water partition coefficient (Wildman–Crippen LogP) is 3.55. The van der Waals surface area contributed by atoms with Gasteiger partial charge in [-0.25, -0.2) is 4.79 Å². The van der Waals surface area contributed by atoms with Crippen molar-refractivity contribution in [2.45, 2.75) is 19.4 Å². The molecule has 0 bridgehead atoms. The number of rotatable bonds is 2. The molecule has 2 heterocycles. The fourth-order valence-corrected chi connectivity index (χ4v) is 2.38. The number of hydrogen-bond donors (Lipinski definition) is 2. The Morgan fingerprint density at radius 3 is 2.86 bits per heavy atom. The van der Waals surface area contributed by atoms with Gasteiger partial charge >= 0.3 is 6.09 Å². The third-order valence-corrected chi connectivity index (χ3v) is 3.39. The first-order valence-electron chi connectivity index (χ1n) is 6.40. The van der Waals surface area contributed by atoms with Gasteiger partial charge in [-0.2, -0.15) is 0 Å². The molecule has 0 radical (unpaired) electrons. The van der Waals surface area contributed by atoms with Crippen molar-refractivity contribution in [2.75, 3.05) is 5.32 Å². The summed E-state index contributed by atoms with van der Waals surface area (Å²) in [6, 6.07) is 7.42. The summed E-state index contributed by atoms with van der Waals surface area (Å²) < 4.78 is 10.6. The lowest BCUT2D eigenvalue weighted by Crippen LogP contribution is -2.34. The summed E-state index contributed by atoms with van der Waals surface area (Å²) in [6.07, 6.45) is 2.34. The third-order valence-electron chi connectivity index (χ3n) is 3.39. The monoisotopic (exact) mass is 286 g/mol. The lowest BCUT2D eigenvalue weighted by Gasteiger charge is -2.32. The van der Waals surface area contributed by atoms with Crippen LogP contribution in [0.2, 0.25) is 0 Å². The number of furan rings is 1. The fourth-order valence-electron chi connectivity index (χ4n) is 2.38. The smallest absolute Gasteiger partial charge is 0.412 e. The quantitative estimate of drug-likeness (QED) is 0.502. The summed E-state index contributed by atoms with van der Waals surface area (Å²) >= 11 is 0. The number of anilines is 1. The Labute approximate surface area is 121 Å². The van der Waals surface area contributed by atoms with Crippen LogP contribution in [-0.2, 0) is 10.3 Å². The molecular weight excluding hydrogens is 272 g/mol. The van der Waals surface area contributed by atoms with E-state index in [4.69, 9.17) is 14.4 Å². The number of amides is 1. The summed E-state index contributed by atoms with van der Waals surface area (Å²) in [7, 11) is 0. The second-order valence-corrected chi connectivity index (χ2v) is 5.27. The molecule has 1 aliphatic heterocycles. The standard InChI is InChI=1S/C15H14N2O4/c1-15(2)12-6-9(3-4-13(12)17-14(18)21-15)10-5-11(7-16-19)20-8-10/h3-8,19H,1-2H3,(H,17,18)/b16-7+. The number of benzene rings is 1. The first-order valence-corrected chi connectivity index (χ1v) is 6.40. The Bertz CT molecular complexity index is 731. The molecular formula is C15H14N2O4. The number of nitrogens with zero attached hydrogens (tertiary/aromatic N) is 1. The van der Waals surface area contributed by atoms with Gasteiger partial charge < -0.3 is 14.4 Å². The van der Waals surface area contributed by atoms with E-state index < -0.39 is 11.7 Å². The van der Waals surface area contributed by atoms with Crippen molar-refractivity contribution in [2.24, 2.45) is 5.16 Å². The maximum absolute atomic E-state index is 11.5. The molecule has 1 aliphatic rings. The maximum atomic E-state index is 11.5. The van der Waals surface area contributed by atoms with Crippen molar-refractivity contribution in [3.05, 3.63) is 41.9 Å². The van der Waals surface area contributed by atoms with Gasteiger partial charge in [0.2, 0.25) is 0 Å². The molecule has 0 saturated heterocycles. The summed E-state index contributed by atoms with van der Waals surface area (Å²) in [5, 5.41) is 14.1. The first kappa shape index (κ1) is 13.2. The topological polar surface area (TPSA) is 84.1 Å². The van der Waals surface area contributed by atoms with Crippen molar-refractivity contribution >= 4 is 18.0 Å². The van der Waals surface area contributed by atoms with Crippen molar-refractivity contribution in [1.82, 2.24) is 0 Å². The van der Waals surface area contributed by atoms with Crippen LogP contribution in [0.25, 0.3) is 11.1 Å². The Balaban J connectivity index is 2.04. The van der Waals surface area contributed by atoms with Gasteiger partial charge in [0.05, 0.1) is 12.0 Å². The fraction of sp³-hybridized carbons (Fsp3) is 0.200. The summed E-state index contributed by atoms with van der Waals surface area (Å²) in [4.78, 5) is 11.5. The zero-order valence-electron chi connectivity index (χ0n) is 11.6. The number of cyclic esters (lactones) is 1. The molecule has 0 saturated carbocycles. The summed E-state index contributed by atoms with van der Waals surface area (Å²) in [5.74, 6) is 0.453. The molecule has 0 aliphatic carbocycles. The normalized spacial score (nSPS) is 16.4. The third kappa shape index (κ3) is 2.35. The average molecular weight is 286 g/mol. The average Bonchev–Trinajstić information content (AvgIpc) is 2.86. The van der Waals surface area contributed by atoms with Gasteiger partial charge in [-0.3, -0.25) is 5.32 Å². The minimum absolute atomic E-state index is 0.453. The van der Waals surface area contributed by atoms with E-state index in [0.717, 1.165) is 22.4 Å². The number of oxime groups is 1. The van der Waals surface area contributed by atoms with Crippen molar-refractivity contribution in [1.29, 1.82) is 0 Å². The van der Waals surface area contributed by atoms with Crippen molar-refractivity contribution < 1.29 is 19.2 Å². The molecule has 1 aromatic carbocycles. The predicted molar refractivity (Wildman–Crippen MR) is 76.7 cm³/mol. The largest absolute Gasteiger partial charge is 0.463 e. The van der Waals surface area contributed by atoms with Crippen LogP contribution in [-0.4, -0.2) is 17.5 Å². The number of fused-ring (bicyclic) bond motifs is 1. The number of hydrogen-bond acceptors (Lipinski definition) is 5. The lowest BCUT2D eigenvalue weighted by molar-refractivity contribution is 0.0421. The SMILES string of the molecule is CC1(C)OC(=O)Nc2ccc(-c3coc(/C=N/O)c3)cc21. The molecule has 6 nitrogen and oxygen atoms in total. The van der Waals surface area contributed by atoms with Gasteiger partial charge in [-0.05, 0) is 37.6 Å². The summed E-state index contributed by atoms with van der Waals surface area (Å²) in [5.41, 5.74) is 2.69. The molecule has 0 unspecified atom stereocenters. The van der Waals surface area contributed by atoms with Gasteiger partial charge in [-0.15, -0.1) is 0 Å². The molecule has 2 N–H and O–H groups in total. The molecule has 1 aromatic heterocycles. The molecule has 0 fully saturated rings. The Morgan fingerprint density at radius 1 is 1.29 bits per heavy atom. The highest BCUT2D eigenvalue weighted by atomic mass is 16.6. The maximum Gasteiger partial charge on any atom is 0.412 e.